The number of nitrogens with one attached hydrogen (secondary N) is 1. The normalized spacial score (nSPS) is 11.0. The zero-order chi connectivity index (χ0) is 24.4. The largest absolute Gasteiger partial charge is 0.497 e. The number of carbonyl (C=O) groups is 1. The topological polar surface area (TPSA) is 87.4 Å². The van der Waals surface area contributed by atoms with Crippen molar-refractivity contribution in [3.05, 3.63) is 75.7 Å². The molecule has 0 unspecified atom stereocenters. The Morgan fingerprint density at radius 1 is 1.00 bits per heavy atom. The number of methoxy groups -OCH3 is 2. The summed E-state index contributed by atoms with van der Waals surface area (Å²) in [5.41, 5.74) is 4.48. The first-order chi connectivity index (χ1) is 16.3. The third-order valence-electron chi connectivity index (χ3n) is 5.82. The van der Waals surface area contributed by atoms with Gasteiger partial charge in [-0.3, -0.25) is 14.2 Å². The molecule has 2 aromatic heterocycles. The van der Waals surface area contributed by atoms with Crippen molar-refractivity contribution in [2.45, 2.75) is 33.7 Å². The summed E-state index contributed by atoms with van der Waals surface area (Å²) in [6.07, 6.45) is 0.929. The second-order valence-corrected chi connectivity index (χ2v) is 8.12. The van der Waals surface area contributed by atoms with Crippen molar-refractivity contribution in [1.29, 1.82) is 0 Å². The number of fused-ring (bicyclic) bond motifs is 1. The van der Waals surface area contributed by atoms with Gasteiger partial charge in [-0.05, 0) is 43.5 Å². The zero-order valence-electron chi connectivity index (χ0n) is 20.0. The molecule has 4 rings (SSSR count). The fraction of sp³-hybridized carbons (Fsp3) is 0.269. The number of hydrogen-bond acceptors (Lipinski definition) is 5. The Bertz CT molecular complexity index is 1400. The van der Waals surface area contributed by atoms with Crippen molar-refractivity contribution < 1.29 is 14.3 Å². The van der Waals surface area contributed by atoms with Crippen LogP contribution in [0.15, 0.2) is 53.3 Å². The Balaban J connectivity index is 1.76. The molecular weight excluding hydrogens is 432 g/mol. The van der Waals surface area contributed by atoms with Gasteiger partial charge in [0, 0.05) is 35.3 Å². The van der Waals surface area contributed by atoms with E-state index in [9.17, 15) is 9.59 Å². The maximum Gasteiger partial charge on any atom is 0.252 e. The van der Waals surface area contributed by atoms with Crippen molar-refractivity contribution in [2.24, 2.45) is 0 Å². The third kappa shape index (κ3) is 4.39. The maximum atomic E-state index is 13.0. The van der Waals surface area contributed by atoms with Gasteiger partial charge in [-0.25, -0.2) is 4.68 Å². The van der Waals surface area contributed by atoms with Crippen LogP contribution in [0, 0.1) is 13.8 Å². The molecule has 0 fully saturated rings. The molecule has 0 aliphatic heterocycles. The first kappa shape index (κ1) is 23.1. The summed E-state index contributed by atoms with van der Waals surface area (Å²) in [6, 6.07) is 14.7. The van der Waals surface area contributed by atoms with Crippen LogP contribution in [0.2, 0.25) is 0 Å². The van der Waals surface area contributed by atoms with Crippen LogP contribution in [0.5, 0.6) is 11.5 Å². The fourth-order valence-corrected chi connectivity index (χ4v) is 4.10. The van der Waals surface area contributed by atoms with E-state index in [1.807, 2.05) is 38.1 Å². The van der Waals surface area contributed by atoms with E-state index in [4.69, 9.17) is 14.6 Å². The number of aryl methyl sites for hydroxylation is 3. The predicted octanol–water partition coefficient (Wildman–Crippen LogP) is 4.02. The van der Waals surface area contributed by atoms with Crippen LogP contribution in [0.3, 0.4) is 0 Å². The molecule has 0 saturated heterocycles. The number of aromatic nitrogens is 3. The van der Waals surface area contributed by atoms with Gasteiger partial charge in [0.05, 0.1) is 25.6 Å². The molecule has 2 aromatic carbocycles. The number of nitrogens with zero attached hydrogens (tertiary/aromatic N) is 3. The number of carbonyl (C=O) groups excluding carboxylic acids is 1. The fourth-order valence-electron chi connectivity index (χ4n) is 4.10. The Morgan fingerprint density at radius 2 is 1.65 bits per heavy atom. The van der Waals surface area contributed by atoms with Crippen molar-refractivity contribution in [3.8, 4) is 17.2 Å². The molecule has 0 bridgehead atoms. The Morgan fingerprint density at radius 3 is 2.24 bits per heavy atom. The average Bonchev–Trinajstić information content (AvgIpc) is 3.18. The Kier molecular flexibility index (Phi) is 6.40. The summed E-state index contributed by atoms with van der Waals surface area (Å²) in [4.78, 5) is 26.1. The number of pyridine rings is 1. The lowest BCUT2D eigenvalue weighted by atomic mass is 10.1. The number of amides is 1. The monoisotopic (exact) mass is 460 g/mol. The second-order valence-electron chi connectivity index (χ2n) is 8.12. The van der Waals surface area contributed by atoms with Gasteiger partial charge in [0.25, 0.3) is 5.56 Å². The third-order valence-corrected chi connectivity index (χ3v) is 5.82. The molecule has 176 valence electrons. The van der Waals surface area contributed by atoms with Crippen molar-refractivity contribution >= 4 is 22.6 Å². The molecule has 34 heavy (non-hydrogen) atoms. The van der Waals surface area contributed by atoms with Gasteiger partial charge >= 0.3 is 0 Å². The quantitative estimate of drug-likeness (QED) is 0.450. The second kappa shape index (κ2) is 9.43. The minimum atomic E-state index is -0.353. The van der Waals surface area contributed by atoms with Gasteiger partial charge in [-0.15, -0.1) is 0 Å². The van der Waals surface area contributed by atoms with Crippen LogP contribution in [0.1, 0.15) is 23.7 Å². The van der Waals surface area contributed by atoms with Gasteiger partial charge in [-0.1, -0.05) is 19.1 Å². The average molecular weight is 461 g/mol. The van der Waals surface area contributed by atoms with Crippen LogP contribution in [-0.2, 0) is 17.8 Å². The lowest BCUT2D eigenvalue weighted by Crippen LogP contribution is -2.29. The maximum absolute atomic E-state index is 13.0. The summed E-state index contributed by atoms with van der Waals surface area (Å²) in [6.45, 7) is 5.72. The van der Waals surface area contributed by atoms with E-state index in [1.54, 1.807) is 43.2 Å². The molecular formula is C26H28N4O4. The molecule has 4 aromatic rings. The summed E-state index contributed by atoms with van der Waals surface area (Å²) in [7, 11) is 3.08. The highest BCUT2D eigenvalue weighted by atomic mass is 16.5. The molecule has 8 nitrogen and oxygen atoms in total. The molecule has 0 radical (unpaired) electrons. The van der Waals surface area contributed by atoms with Gasteiger partial charge in [-0.2, -0.15) is 5.10 Å². The summed E-state index contributed by atoms with van der Waals surface area (Å²) >= 11 is 0. The summed E-state index contributed by atoms with van der Waals surface area (Å²) in [5, 5.41) is 8.40. The van der Waals surface area contributed by atoms with Crippen molar-refractivity contribution in [1.82, 2.24) is 14.3 Å². The molecule has 0 spiro atoms. The van der Waals surface area contributed by atoms with E-state index in [1.165, 1.54) is 10.1 Å². The van der Waals surface area contributed by atoms with Crippen LogP contribution >= 0.6 is 0 Å². The standard InChI is InChI=1S/C26H28N4O4/c1-6-18-7-9-20(10-8-18)30-26-25(17(3)28-30)16(2)11-24(32)29(26)15-23(31)27-19-12-21(33-4)14-22(13-19)34-5/h7-14H,6,15H2,1-5H3,(H,27,31). The lowest BCUT2D eigenvalue weighted by Gasteiger charge is -2.14. The van der Waals surface area contributed by atoms with E-state index >= 15 is 0 Å². The first-order valence-corrected chi connectivity index (χ1v) is 11.1. The van der Waals surface area contributed by atoms with Gasteiger partial charge < -0.3 is 14.8 Å². The number of rotatable bonds is 7. The molecule has 0 atom stereocenters. The number of hydrogen-bond donors (Lipinski definition) is 1. The number of anilines is 1. The van der Waals surface area contributed by atoms with Gasteiger partial charge in [0.15, 0.2) is 0 Å². The van der Waals surface area contributed by atoms with E-state index in [0.717, 1.165) is 28.8 Å². The van der Waals surface area contributed by atoms with Crippen LogP contribution < -0.4 is 20.3 Å². The molecule has 8 heteroatoms. The van der Waals surface area contributed by atoms with E-state index in [0.29, 0.717) is 22.8 Å². The van der Waals surface area contributed by atoms with Gasteiger partial charge in [0.2, 0.25) is 5.91 Å². The summed E-state index contributed by atoms with van der Waals surface area (Å²) < 4.78 is 13.7. The highest BCUT2D eigenvalue weighted by Gasteiger charge is 2.19. The summed E-state index contributed by atoms with van der Waals surface area (Å²) in [5.74, 6) is 0.747. The minimum absolute atomic E-state index is 0.173. The Hall–Kier alpha value is -4.07. The molecule has 2 heterocycles. The highest BCUT2D eigenvalue weighted by molar-refractivity contribution is 5.92. The lowest BCUT2D eigenvalue weighted by molar-refractivity contribution is -0.116. The molecule has 0 aliphatic carbocycles. The van der Waals surface area contributed by atoms with Crippen molar-refractivity contribution in [3.63, 3.8) is 0 Å². The highest BCUT2D eigenvalue weighted by Crippen LogP contribution is 2.27. The predicted molar refractivity (Wildman–Crippen MR) is 132 cm³/mol. The molecule has 1 N–H and O–H groups in total. The molecule has 1 amide bonds. The van der Waals surface area contributed by atoms with Crippen LogP contribution in [0.4, 0.5) is 5.69 Å². The molecule has 0 aliphatic rings. The van der Waals surface area contributed by atoms with Gasteiger partial charge in [0.1, 0.15) is 23.7 Å². The number of benzene rings is 2. The van der Waals surface area contributed by atoms with E-state index in [-0.39, 0.29) is 18.0 Å². The van der Waals surface area contributed by atoms with E-state index in [2.05, 4.69) is 12.2 Å². The smallest absolute Gasteiger partial charge is 0.252 e. The van der Waals surface area contributed by atoms with E-state index < -0.39 is 0 Å². The minimum Gasteiger partial charge on any atom is -0.497 e. The Labute approximate surface area is 197 Å². The van der Waals surface area contributed by atoms with Crippen LogP contribution in [0.25, 0.3) is 16.7 Å². The first-order valence-electron chi connectivity index (χ1n) is 11.1. The van der Waals surface area contributed by atoms with Crippen LogP contribution in [-0.4, -0.2) is 34.5 Å². The number of ether oxygens (including phenoxy) is 2. The zero-order valence-corrected chi connectivity index (χ0v) is 20.0. The van der Waals surface area contributed by atoms with Crippen molar-refractivity contribution in [2.75, 3.05) is 19.5 Å². The SMILES string of the molecule is CCc1ccc(-n2nc(C)c3c(C)cc(=O)n(CC(=O)Nc4cc(OC)cc(OC)c4)c32)cc1. The molecule has 0 saturated carbocycles.